The summed E-state index contributed by atoms with van der Waals surface area (Å²) in [6, 6.07) is 3.67. The minimum atomic E-state index is -3.77. The Balaban J connectivity index is 2.23. The first kappa shape index (κ1) is 14.2. The molecule has 0 spiro atoms. The Morgan fingerprint density at radius 2 is 1.89 bits per heavy atom. The van der Waals surface area contributed by atoms with E-state index in [4.69, 9.17) is 5.73 Å². The molecule has 0 saturated carbocycles. The zero-order valence-corrected chi connectivity index (χ0v) is 11.7. The van der Waals surface area contributed by atoms with Crippen molar-refractivity contribution in [2.24, 2.45) is 0 Å². The van der Waals surface area contributed by atoms with Gasteiger partial charge < -0.3 is 10.6 Å². The molecule has 1 aromatic carbocycles. The Morgan fingerprint density at radius 3 is 2.42 bits per heavy atom. The first-order chi connectivity index (χ1) is 8.95. The molecule has 0 radical (unpaired) electrons. The standard InChI is InChI=1S/C12H18FN3O2S/c1-2-15-5-7-16(8-6-15)19(17,18)12-4-3-10(14)9-11(12)13/h3-4,9H,2,5-8,14H2,1H3. The highest BCUT2D eigenvalue weighted by Gasteiger charge is 2.30. The quantitative estimate of drug-likeness (QED) is 0.833. The van der Waals surface area contributed by atoms with Crippen molar-refractivity contribution >= 4 is 15.7 Å². The van der Waals surface area contributed by atoms with Gasteiger partial charge in [0, 0.05) is 31.9 Å². The van der Waals surface area contributed by atoms with Gasteiger partial charge in [-0.05, 0) is 24.7 Å². The smallest absolute Gasteiger partial charge is 0.246 e. The topological polar surface area (TPSA) is 66.6 Å². The minimum absolute atomic E-state index is 0.215. The van der Waals surface area contributed by atoms with Crippen molar-refractivity contribution < 1.29 is 12.8 Å². The molecule has 1 fully saturated rings. The van der Waals surface area contributed by atoms with Crippen LogP contribution in [0, 0.1) is 5.82 Å². The second-order valence-corrected chi connectivity index (χ2v) is 6.43. The predicted molar refractivity (Wildman–Crippen MR) is 71.7 cm³/mol. The minimum Gasteiger partial charge on any atom is -0.399 e. The van der Waals surface area contributed by atoms with Crippen LogP contribution in [0.3, 0.4) is 0 Å². The summed E-state index contributed by atoms with van der Waals surface area (Å²) in [6.45, 7) is 5.05. The molecular formula is C12H18FN3O2S. The molecule has 2 N–H and O–H groups in total. The fourth-order valence-corrected chi connectivity index (χ4v) is 3.62. The van der Waals surface area contributed by atoms with Gasteiger partial charge in [0.05, 0.1) is 0 Å². The maximum Gasteiger partial charge on any atom is 0.246 e. The van der Waals surface area contributed by atoms with Gasteiger partial charge in [0.25, 0.3) is 0 Å². The third-order valence-corrected chi connectivity index (χ3v) is 5.28. The molecule has 2 rings (SSSR count). The summed E-state index contributed by atoms with van der Waals surface area (Å²) in [4.78, 5) is 1.86. The van der Waals surface area contributed by atoms with Crippen LogP contribution in [-0.2, 0) is 10.0 Å². The van der Waals surface area contributed by atoms with Crippen molar-refractivity contribution in [1.82, 2.24) is 9.21 Å². The number of nitrogen functional groups attached to an aromatic ring is 1. The lowest BCUT2D eigenvalue weighted by molar-refractivity contribution is 0.196. The maximum atomic E-state index is 13.7. The molecule has 0 amide bonds. The van der Waals surface area contributed by atoms with Crippen LogP contribution >= 0.6 is 0 Å². The number of hydrogen-bond donors (Lipinski definition) is 1. The van der Waals surface area contributed by atoms with Crippen molar-refractivity contribution in [3.63, 3.8) is 0 Å². The SMILES string of the molecule is CCN1CCN(S(=O)(=O)c2ccc(N)cc2F)CC1. The Morgan fingerprint density at radius 1 is 1.26 bits per heavy atom. The molecule has 1 saturated heterocycles. The average molecular weight is 287 g/mol. The summed E-state index contributed by atoms with van der Waals surface area (Å²) in [6.07, 6.45) is 0. The summed E-state index contributed by atoms with van der Waals surface area (Å²) in [5, 5.41) is 0. The summed E-state index contributed by atoms with van der Waals surface area (Å²) in [5.41, 5.74) is 5.65. The number of hydrogen-bond acceptors (Lipinski definition) is 4. The lowest BCUT2D eigenvalue weighted by Crippen LogP contribution is -2.48. The van der Waals surface area contributed by atoms with Crippen molar-refractivity contribution in [2.75, 3.05) is 38.5 Å². The zero-order valence-electron chi connectivity index (χ0n) is 10.8. The number of halogens is 1. The van der Waals surface area contributed by atoms with Gasteiger partial charge in [-0.15, -0.1) is 0 Å². The Labute approximate surface area is 112 Å². The third kappa shape index (κ3) is 2.88. The summed E-state index contributed by atoms with van der Waals surface area (Å²) in [5.74, 6) is -0.794. The average Bonchev–Trinajstić information content (AvgIpc) is 2.38. The number of piperazine rings is 1. The first-order valence-corrected chi connectivity index (χ1v) is 7.66. The van der Waals surface area contributed by atoms with E-state index in [2.05, 4.69) is 4.90 Å². The molecule has 1 heterocycles. The largest absolute Gasteiger partial charge is 0.399 e. The number of sulfonamides is 1. The van der Waals surface area contributed by atoms with Crippen LogP contribution in [0.5, 0.6) is 0 Å². The van der Waals surface area contributed by atoms with Crippen LogP contribution in [0.2, 0.25) is 0 Å². The number of likely N-dealkylation sites (N-methyl/N-ethyl adjacent to an activating group) is 1. The fraction of sp³-hybridized carbons (Fsp3) is 0.500. The van der Waals surface area contributed by atoms with Gasteiger partial charge in [0.1, 0.15) is 10.7 Å². The Kier molecular flexibility index (Phi) is 4.07. The molecule has 7 heteroatoms. The van der Waals surface area contributed by atoms with Crippen LogP contribution < -0.4 is 5.73 Å². The number of rotatable bonds is 3. The first-order valence-electron chi connectivity index (χ1n) is 6.22. The van der Waals surface area contributed by atoms with Gasteiger partial charge in [-0.2, -0.15) is 4.31 Å². The summed E-state index contributed by atoms with van der Waals surface area (Å²) in [7, 11) is -3.77. The van der Waals surface area contributed by atoms with E-state index in [1.54, 1.807) is 0 Å². The Bertz CT molecular complexity index is 554. The highest BCUT2D eigenvalue weighted by molar-refractivity contribution is 7.89. The van der Waals surface area contributed by atoms with E-state index in [0.29, 0.717) is 26.2 Å². The van der Waals surface area contributed by atoms with E-state index in [9.17, 15) is 12.8 Å². The molecule has 19 heavy (non-hydrogen) atoms. The molecule has 1 aromatic rings. The molecular weight excluding hydrogens is 269 g/mol. The van der Waals surface area contributed by atoms with Crippen LogP contribution in [0.15, 0.2) is 23.1 Å². The summed E-state index contributed by atoms with van der Waals surface area (Å²) >= 11 is 0. The fourth-order valence-electron chi connectivity index (χ4n) is 2.15. The van der Waals surface area contributed by atoms with Crippen molar-refractivity contribution in [1.29, 1.82) is 0 Å². The van der Waals surface area contributed by atoms with Gasteiger partial charge in [0.2, 0.25) is 10.0 Å². The lowest BCUT2D eigenvalue weighted by Gasteiger charge is -2.33. The number of nitrogens with two attached hydrogens (primary N) is 1. The van der Waals surface area contributed by atoms with Crippen molar-refractivity contribution in [3.8, 4) is 0 Å². The van der Waals surface area contributed by atoms with Crippen LogP contribution in [-0.4, -0.2) is 50.3 Å². The zero-order chi connectivity index (χ0) is 14.0. The molecule has 1 aliphatic heterocycles. The third-order valence-electron chi connectivity index (χ3n) is 3.35. The van der Waals surface area contributed by atoms with Crippen molar-refractivity contribution in [3.05, 3.63) is 24.0 Å². The number of anilines is 1. The van der Waals surface area contributed by atoms with Gasteiger partial charge >= 0.3 is 0 Å². The maximum absolute atomic E-state index is 13.7. The summed E-state index contributed by atoms with van der Waals surface area (Å²) < 4.78 is 39.8. The van der Waals surface area contributed by atoms with Crippen LogP contribution in [0.25, 0.3) is 0 Å². The van der Waals surface area contributed by atoms with Gasteiger partial charge in [-0.25, -0.2) is 12.8 Å². The predicted octanol–water partition coefficient (Wildman–Crippen LogP) is 0.734. The Hall–Kier alpha value is -1.18. The molecule has 1 aliphatic rings. The van der Waals surface area contributed by atoms with E-state index in [0.717, 1.165) is 12.6 Å². The highest BCUT2D eigenvalue weighted by atomic mass is 32.2. The normalized spacial score (nSPS) is 18.6. The second kappa shape index (κ2) is 5.44. The van der Waals surface area contributed by atoms with E-state index >= 15 is 0 Å². The van der Waals surface area contributed by atoms with Gasteiger partial charge in [-0.1, -0.05) is 6.92 Å². The second-order valence-electron chi connectivity index (χ2n) is 4.53. The molecule has 0 aromatic heterocycles. The van der Waals surface area contributed by atoms with Crippen LogP contribution in [0.4, 0.5) is 10.1 Å². The van der Waals surface area contributed by atoms with E-state index < -0.39 is 15.8 Å². The molecule has 0 atom stereocenters. The van der Waals surface area contributed by atoms with E-state index in [-0.39, 0.29) is 10.6 Å². The van der Waals surface area contributed by atoms with E-state index in [1.807, 2.05) is 6.92 Å². The highest BCUT2D eigenvalue weighted by Crippen LogP contribution is 2.22. The molecule has 0 bridgehead atoms. The monoisotopic (exact) mass is 287 g/mol. The van der Waals surface area contributed by atoms with Gasteiger partial charge in [-0.3, -0.25) is 0 Å². The molecule has 0 unspecified atom stereocenters. The molecule has 5 nitrogen and oxygen atoms in total. The van der Waals surface area contributed by atoms with Crippen molar-refractivity contribution in [2.45, 2.75) is 11.8 Å². The lowest BCUT2D eigenvalue weighted by atomic mass is 10.3. The molecule has 106 valence electrons. The van der Waals surface area contributed by atoms with Gasteiger partial charge in [0.15, 0.2) is 0 Å². The number of nitrogens with zero attached hydrogens (tertiary/aromatic N) is 2. The van der Waals surface area contributed by atoms with E-state index in [1.165, 1.54) is 16.4 Å². The molecule has 0 aliphatic carbocycles. The number of benzene rings is 1. The van der Waals surface area contributed by atoms with Crippen LogP contribution in [0.1, 0.15) is 6.92 Å².